The molecule has 0 spiro atoms. The van der Waals surface area contributed by atoms with Crippen LogP contribution < -0.4 is 0 Å². The quantitative estimate of drug-likeness (QED) is 0.487. The Kier molecular flexibility index (Phi) is 2.42. The van der Waals surface area contributed by atoms with Gasteiger partial charge in [0.15, 0.2) is 0 Å². The van der Waals surface area contributed by atoms with Gasteiger partial charge in [0.05, 0.1) is 4.90 Å². The molecule has 0 aliphatic carbocycles. The van der Waals surface area contributed by atoms with Crippen molar-refractivity contribution in [1.82, 2.24) is 0 Å². The maximum Gasteiger partial charge on any atom is 0.137 e. The minimum Gasteiger partial charge on any atom is -0.206 e. The first-order valence-electron chi connectivity index (χ1n) is 2.40. The number of hydrogen-bond acceptors (Lipinski definition) is 2. The van der Waals surface area contributed by atoms with Crippen LogP contribution in [0.1, 0.15) is 0 Å². The van der Waals surface area contributed by atoms with Gasteiger partial charge in [0.2, 0.25) is 0 Å². The van der Waals surface area contributed by atoms with Crippen LogP contribution in [0.2, 0.25) is 0 Å². The highest BCUT2D eigenvalue weighted by atomic mass is 33.1. The summed E-state index contributed by atoms with van der Waals surface area (Å²) in [5.74, 6) is -0.211. The Balaban J connectivity index is 3.01. The second-order valence-corrected chi connectivity index (χ2v) is 2.69. The van der Waals surface area contributed by atoms with Crippen molar-refractivity contribution in [2.75, 3.05) is 0 Å². The highest BCUT2D eigenvalue weighted by Crippen LogP contribution is 2.23. The Morgan fingerprint density at radius 1 is 1.33 bits per heavy atom. The van der Waals surface area contributed by atoms with Gasteiger partial charge in [0.1, 0.15) is 5.82 Å². The standard InChI is InChI=1S/C6H5FS2/c7-5-3-1-2-4-6(5)9-8/h1-4,8H. The van der Waals surface area contributed by atoms with Crippen LogP contribution in [0.15, 0.2) is 29.2 Å². The first-order chi connectivity index (χ1) is 4.34. The first-order valence-corrected chi connectivity index (χ1v) is 4.27. The van der Waals surface area contributed by atoms with Crippen LogP contribution >= 0.6 is 22.5 Å². The molecule has 0 radical (unpaired) electrons. The Labute approximate surface area is 62.3 Å². The maximum atomic E-state index is 12.5. The fourth-order valence-electron chi connectivity index (χ4n) is 0.519. The molecule has 0 bridgehead atoms. The van der Waals surface area contributed by atoms with Crippen LogP contribution in [0.5, 0.6) is 0 Å². The van der Waals surface area contributed by atoms with Gasteiger partial charge in [-0.05, 0) is 12.1 Å². The number of benzene rings is 1. The van der Waals surface area contributed by atoms with Gasteiger partial charge in [0.25, 0.3) is 0 Å². The molecule has 0 saturated carbocycles. The largest absolute Gasteiger partial charge is 0.206 e. The summed E-state index contributed by atoms with van der Waals surface area (Å²) < 4.78 is 12.5. The van der Waals surface area contributed by atoms with E-state index in [1.54, 1.807) is 18.2 Å². The number of hydrogen-bond donors (Lipinski definition) is 1. The van der Waals surface area contributed by atoms with E-state index in [1.165, 1.54) is 6.07 Å². The molecule has 1 aromatic carbocycles. The van der Waals surface area contributed by atoms with E-state index in [0.29, 0.717) is 4.90 Å². The second-order valence-electron chi connectivity index (χ2n) is 1.52. The summed E-state index contributed by atoms with van der Waals surface area (Å²) in [6.07, 6.45) is 0. The Bertz CT molecular complexity index is 200. The fourth-order valence-corrected chi connectivity index (χ4v) is 1.26. The van der Waals surface area contributed by atoms with Crippen molar-refractivity contribution in [2.45, 2.75) is 4.90 Å². The predicted molar refractivity (Wildman–Crippen MR) is 41.2 cm³/mol. The third-order valence-electron chi connectivity index (χ3n) is 0.935. The lowest BCUT2D eigenvalue weighted by Crippen LogP contribution is -1.73. The van der Waals surface area contributed by atoms with Gasteiger partial charge in [-0.25, -0.2) is 4.39 Å². The molecule has 3 heteroatoms. The van der Waals surface area contributed by atoms with Gasteiger partial charge in [-0.2, -0.15) is 0 Å². The lowest BCUT2D eigenvalue weighted by atomic mass is 10.4. The molecule has 0 unspecified atom stereocenters. The molecule has 0 fully saturated rings. The van der Waals surface area contributed by atoms with Crippen molar-refractivity contribution in [1.29, 1.82) is 0 Å². The molecule has 9 heavy (non-hydrogen) atoms. The van der Waals surface area contributed by atoms with Crippen LogP contribution in [0.3, 0.4) is 0 Å². The van der Waals surface area contributed by atoms with Crippen LogP contribution in [0.4, 0.5) is 4.39 Å². The summed E-state index contributed by atoms with van der Waals surface area (Å²) in [4.78, 5) is 0.570. The van der Waals surface area contributed by atoms with Crippen LogP contribution in [-0.4, -0.2) is 0 Å². The molecule has 0 atom stereocenters. The highest BCUT2D eigenvalue weighted by molar-refractivity contribution is 8.68. The molecule has 0 nitrogen and oxygen atoms in total. The SMILES string of the molecule is Fc1ccccc1SS. The summed E-state index contributed by atoms with van der Waals surface area (Å²) in [6, 6.07) is 6.54. The van der Waals surface area contributed by atoms with Crippen molar-refractivity contribution < 1.29 is 4.39 Å². The molecule has 0 saturated heterocycles. The van der Waals surface area contributed by atoms with Crippen molar-refractivity contribution >= 4 is 22.5 Å². The average molecular weight is 160 g/mol. The lowest BCUT2D eigenvalue weighted by Gasteiger charge is -1.93. The molecule has 1 aromatic rings. The number of rotatable bonds is 1. The minimum absolute atomic E-state index is 0.211. The van der Waals surface area contributed by atoms with Gasteiger partial charge < -0.3 is 0 Å². The third-order valence-corrected chi connectivity index (χ3v) is 2.05. The average Bonchev–Trinajstić information content (AvgIpc) is 1.89. The lowest BCUT2D eigenvalue weighted by molar-refractivity contribution is 0.602. The molecular weight excluding hydrogens is 155 g/mol. The monoisotopic (exact) mass is 160 g/mol. The number of halogens is 1. The predicted octanol–water partition coefficient (Wildman–Crippen LogP) is 2.76. The summed E-state index contributed by atoms with van der Waals surface area (Å²) in [5.41, 5.74) is 0. The van der Waals surface area contributed by atoms with E-state index >= 15 is 0 Å². The van der Waals surface area contributed by atoms with Crippen molar-refractivity contribution in [3.05, 3.63) is 30.1 Å². The molecule has 0 amide bonds. The van der Waals surface area contributed by atoms with Gasteiger partial charge in [0, 0.05) is 0 Å². The number of thiol groups is 1. The smallest absolute Gasteiger partial charge is 0.137 e. The normalized spacial score (nSPS) is 9.56. The van der Waals surface area contributed by atoms with Gasteiger partial charge >= 0.3 is 0 Å². The zero-order valence-corrected chi connectivity index (χ0v) is 6.25. The molecule has 0 N–H and O–H groups in total. The Morgan fingerprint density at radius 3 is 2.44 bits per heavy atom. The molecule has 0 heterocycles. The summed E-state index contributed by atoms with van der Waals surface area (Å²) in [6.45, 7) is 0. The summed E-state index contributed by atoms with van der Waals surface area (Å²) >= 11 is 3.86. The molecule has 48 valence electrons. The molecule has 0 aliphatic heterocycles. The third kappa shape index (κ3) is 1.63. The van der Waals surface area contributed by atoms with Crippen molar-refractivity contribution in [3.8, 4) is 0 Å². The van der Waals surface area contributed by atoms with Gasteiger partial charge in [-0.1, -0.05) is 22.9 Å². The van der Waals surface area contributed by atoms with Crippen LogP contribution in [0, 0.1) is 5.82 Å². The zero-order chi connectivity index (χ0) is 6.69. The van der Waals surface area contributed by atoms with Crippen molar-refractivity contribution in [2.24, 2.45) is 0 Å². The van der Waals surface area contributed by atoms with E-state index in [1.807, 2.05) is 0 Å². The molecule has 0 aromatic heterocycles. The maximum absolute atomic E-state index is 12.5. The van der Waals surface area contributed by atoms with Crippen molar-refractivity contribution in [3.63, 3.8) is 0 Å². The van der Waals surface area contributed by atoms with Crippen LogP contribution in [0.25, 0.3) is 0 Å². The van der Waals surface area contributed by atoms with Gasteiger partial charge in [-0.15, -0.1) is 11.7 Å². The van der Waals surface area contributed by atoms with E-state index in [9.17, 15) is 4.39 Å². The Morgan fingerprint density at radius 2 is 2.00 bits per heavy atom. The van der Waals surface area contributed by atoms with E-state index in [0.717, 1.165) is 10.8 Å². The van der Waals surface area contributed by atoms with Gasteiger partial charge in [-0.3, -0.25) is 0 Å². The fraction of sp³-hybridized carbons (Fsp3) is 0. The van der Waals surface area contributed by atoms with E-state index in [-0.39, 0.29) is 5.82 Å². The first kappa shape index (κ1) is 6.96. The summed E-state index contributed by atoms with van der Waals surface area (Å²) in [7, 11) is 1.11. The van der Waals surface area contributed by atoms with E-state index in [4.69, 9.17) is 0 Å². The van der Waals surface area contributed by atoms with Crippen LogP contribution in [-0.2, 0) is 0 Å². The highest BCUT2D eigenvalue weighted by Gasteiger charge is 1.95. The second kappa shape index (κ2) is 3.13. The molecular formula is C6H5FS2. The zero-order valence-electron chi connectivity index (χ0n) is 4.54. The van der Waals surface area contributed by atoms with E-state index in [2.05, 4.69) is 11.7 Å². The molecule has 0 aliphatic rings. The topological polar surface area (TPSA) is 0 Å². The summed E-state index contributed by atoms with van der Waals surface area (Å²) in [5, 5.41) is 0. The minimum atomic E-state index is -0.211. The van der Waals surface area contributed by atoms with E-state index < -0.39 is 0 Å². The Hall–Kier alpha value is -0.150. The molecule has 1 rings (SSSR count).